The van der Waals surface area contributed by atoms with Gasteiger partial charge in [-0.2, -0.15) is 10.2 Å². The fourth-order valence-corrected chi connectivity index (χ4v) is 3.61. The molecular formula is C24H23ClFN5O3. The van der Waals surface area contributed by atoms with Gasteiger partial charge < -0.3 is 14.8 Å². The van der Waals surface area contributed by atoms with Gasteiger partial charge in [-0.25, -0.2) is 9.07 Å². The molecule has 1 amide bonds. The van der Waals surface area contributed by atoms with E-state index in [1.54, 1.807) is 61.3 Å². The zero-order valence-electron chi connectivity index (χ0n) is 18.9. The Bertz CT molecular complexity index is 1320. The fourth-order valence-electron chi connectivity index (χ4n) is 3.39. The number of nitrogens with one attached hydrogen (secondary N) is 1. The van der Waals surface area contributed by atoms with E-state index in [9.17, 15) is 9.18 Å². The molecule has 0 aliphatic carbocycles. The molecule has 0 atom stereocenters. The lowest BCUT2D eigenvalue weighted by molar-refractivity contribution is 0.102. The van der Waals surface area contributed by atoms with Crippen LogP contribution in [-0.2, 0) is 13.3 Å². The van der Waals surface area contributed by atoms with E-state index in [4.69, 9.17) is 21.1 Å². The predicted molar refractivity (Wildman–Crippen MR) is 126 cm³/mol. The molecule has 176 valence electrons. The number of carbonyl (C=O) groups is 1. The number of carbonyl (C=O) groups excluding carboxylic acids is 1. The largest absolute Gasteiger partial charge is 0.497 e. The monoisotopic (exact) mass is 483 g/mol. The van der Waals surface area contributed by atoms with Crippen molar-refractivity contribution < 1.29 is 18.7 Å². The average molecular weight is 484 g/mol. The Hall–Kier alpha value is -3.85. The van der Waals surface area contributed by atoms with Gasteiger partial charge in [0.2, 0.25) is 0 Å². The van der Waals surface area contributed by atoms with Crippen LogP contribution >= 0.6 is 11.6 Å². The molecule has 0 spiro atoms. The van der Waals surface area contributed by atoms with E-state index < -0.39 is 5.82 Å². The molecule has 1 N–H and O–H groups in total. The third-order valence-corrected chi connectivity index (χ3v) is 5.60. The summed E-state index contributed by atoms with van der Waals surface area (Å²) in [6.07, 6.45) is 1.66. The SMILES string of the molecule is COc1ccc(OCn2ccc(C(=O)Nc3c(C)nn(Cc4ccc(F)cc4Cl)c3C)n2)cc1. The molecule has 2 aromatic heterocycles. The van der Waals surface area contributed by atoms with Crippen molar-refractivity contribution in [1.29, 1.82) is 0 Å². The highest BCUT2D eigenvalue weighted by atomic mass is 35.5. The molecule has 4 rings (SSSR count). The zero-order chi connectivity index (χ0) is 24.2. The number of amides is 1. The molecule has 0 fully saturated rings. The van der Waals surface area contributed by atoms with Gasteiger partial charge in [-0.3, -0.25) is 9.48 Å². The highest BCUT2D eigenvalue weighted by molar-refractivity contribution is 6.31. The molecule has 0 aliphatic heterocycles. The van der Waals surface area contributed by atoms with Gasteiger partial charge in [0.15, 0.2) is 12.4 Å². The van der Waals surface area contributed by atoms with Gasteiger partial charge in [0.1, 0.15) is 17.3 Å². The first kappa shape index (κ1) is 23.3. The van der Waals surface area contributed by atoms with Crippen molar-refractivity contribution in [2.24, 2.45) is 0 Å². The van der Waals surface area contributed by atoms with E-state index in [2.05, 4.69) is 15.5 Å². The number of methoxy groups -OCH3 is 1. The highest BCUT2D eigenvalue weighted by Crippen LogP contribution is 2.24. The minimum absolute atomic E-state index is 0.147. The van der Waals surface area contributed by atoms with Gasteiger partial charge >= 0.3 is 0 Å². The van der Waals surface area contributed by atoms with E-state index in [1.165, 1.54) is 16.8 Å². The average Bonchev–Trinajstić information content (AvgIpc) is 3.40. The number of ether oxygens (including phenoxy) is 2. The van der Waals surface area contributed by atoms with Crippen molar-refractivity contribution >= 4 is 23.2 Å². The maximum atomic E-state index is 13.3. The van der Waals surface area contributed by atoms with Gasteiger partial charge in [0.05, 0.1) is 30.7 Å². The first-order valence-corrected chi connectivity index (χ1v) is 10.8. The number of benzene rings is 2. The van der Waals surface area contributed by atoms with E-state index >= 15 is 0 Å². The van der Waals surface area contributed by atoms with Crippen molar-refractivity contribution in [2.75, 3.05) is 12.4 Å². The van der Waals surface area contributed by atoms with Crippen LogP contribution in [0.5, 0.6) is 11.5 Å². The van der Waals surface area contributed by atoms with Crippen LogP contribution in [0, 0.1) is 19.7 Å². The van der Waals surface area contributed by atoms with Crippen LogP contribution in [0.25, 0.3) is 0 Å². The van der Waals surface area contributed by atoms with Crippen molar-refractivity contribution in [3.63, 3.8) is 0 Å². The van der Waals surface area contributed by atoms with Crippen molar-refractivity contribution in [2.45, 2.75) is 27.1 Å². The van der Waals surface area contributed by atoms with Gasteiger partial charge in [0.25, 0.3) is 5.91 Å². The number of anilines is 1. The third kappa shape index (κ3) is 5.20. The summed E-state index contributed by atoms with van der Waals surface area (Å²) in [7, 11) is 1.60. The number of rotatable bonds is 8. The molecule has 0 radical (unpaired) electrons. The third-order valence-electron chi connectivity index (χ3n) is 5.25. The summed E-state index contributed by atoms with van der Waals surface area (Å²) in [5.74, 6) is 0.625. The summed E-state index contributed by atoms with van der Waals surface area (Å²) in [6, 6.07) is 13.0. The van der Waals surface area contributed by atoms with Crippen LogP contribution in [0.15, 0.2) is 54.7 Å². The normalized spacial score (nSPS) is 10.9. The molecule has 4 aromatic rings. The summed E-state index contributed by atoms with van der Waals surface area (Å²) < 4.78 is 27.4. The summed E-state index contributed by atoms with van der Waals surface area (Å²) in [4.78, 5) is 12.8. The lowest BCUT2D eigenvalue weighted by Gasteiger charge is -2.08. The number of hydrogen-bond donors (Lipinski definition) is 1. The van der Waals surface area contributed by atoms with Crippen LogP contribution in [0.3, 0.4) is 0 Å². The number of nitrogens with zero attached hydrogens (tertiary/aromatic N) is 4. The van der Waals surface area contributed by atoms with Crippen molar-refractivity contribution in [3.05, 3.63) is 88.2 Å². The number of hydrogen-bond acceptors (Lipinski definition) is 5. The van der Waals surface area contributed by atoms with E-state index in [0.717, 1.165) is 17.0 Å². The first-order valence-electron chi connectivity index (χ1n) is 10.4. The molecule has 2 aromatic carbocycles. The molecule has 0 saturated heterocycles. The Labute approximate surface area is 200 Å². The zero-order valence-corrected chi connectivity index (χ0v) is 19.6. The highest BCUT2D eigenvalue weighted by Gasteiger charge is 2.18. The van der Waals surface area contributed by atoms with Crippen LogP contribution in [0.4, 0.5) is 10.1 Å². The number of aryl methyl sites for hydroxylation is 1. The number of aromatic nitrogens is 4. The van der Waals surface area contributed by atoms with Gasteiger partial charge in [-0.15, -0.1) is 0 Å². The standard InChI is InChI=1S/C24H23ClFN5O3/c1-15-23(16(2)31(28-15)13-17-4-5-18(26)12-21(17)25)27-24(32)22-10-11-30(29-22)14-34-20-8-6-19(33-3)7-9-20/h4-12H,13-14H2,1-3H3,(H,27,32). The predicted octanol–water partition coefficient (Wildman–Crippen LogP) is 4.83. The Morgan fingerprint density at radius 1 is 1.09 bits per heavy atom. The Morgan fingerprint density at radius 2 is 1.82 bits per heavy atom. The molecule has 2 heterocycles. The lowest BCUT2D eigenvalue weighted by atomic mass is 10.2. The molecule has 0 aliphatic rings. The van der Waals surface area contributed by atoms with E-state index in [0.29, 0.717) is 28.7 Å². The molecular weight excluding hydrogens is 461 g/mol. The Balaban J connectivity index is 1.41. The molecule has 0 bridgehead atoms. The van der Waals surface area contributed by atoms with Crippen LogP contribution in [-0.4, -0.2) is 32.6 Å². The second kappa shape index (κ2) is 9.96. The van der Waals surface area contributed by atoms with Crippen molar-refractivity contribution in [1.82, 2.24) is 19.6 Å². The quantitative estimate of drug-likeness (QED) is 0.388. The smallest absolute Gasteiger partial charge is 0.276 e. The van der Waals surface area contributed by atoms with Crippen LogP contribution in [0.1, 0.15) is 27.4 Å². The Morgan fingerprint density at radius 3 is 2.53 bits per heavy atom. The second-order valence-corrected chi connectivity index (χ2v) is 7.99. The van der Waals surface area contributed by atoms with Crippen molar-refractivity contribution in [3.8, 4) is 11.5 Å². The summed E-state index contributed by atoms with van der Waals surface area (Å²) in [5, 5.41) is 12.0. The minimum Gasteiger partial charge on any atom is -0.497 e. The number of halogens is 2. The van der Waals surface area contributed by atoms with Gasteiger partial charge in [-0.05, 0) is 61.9 Å². The summed E-state index contributed by atoms with van der Waals surface area (Å²) in [5.41, 5.74) is 2.95. The molecule has 0 unspecified atom stereocenters. The maximum Gasteiger partial charge on any atom is 0.276 e. The lowest BCUT2D eigenvalue weighted by Crippen LogP contribution is -2.15. The van der Waals surface area contributed by atoms with Crippen LogP contribution < -0.4 is 14.8 Å². The topological polar surface area (TPSA) is 83.2 Å². The fraction of sp³-hybridized carbons (Fsp3) is 0.208. The Kier molecular flexibility index (Phi) is 6.83. The van der Waals surface area contributed by atoms with Crippen LogP contribution in [0.2, 0.25) is 5.02 Å². The first-order chi connectivity index (χ1) is 16.3. The summed E-state index contributed by atoms with van der Waals surface area (Å²) >= 11 is 6.15. The minimum atomic E-state index is -0.399. The van der Waals surface area contributed by atoms with E-state index in [-0.39, 0.29) is 18.3 Å². The molecule has 34 heavy (non-hydrogen) atoms. The molecule has 8 nitrogen and oxygen atoms in total. The second-order valence-electron chi connectivity index (χ2n) is 7.58. The molecule has 0 saturated carbocycles. The van der Waals surface area contributed by atoms with E-state index in [1.807, 2.05) is 6.92 Å². The van der Waals surface area contributed by atoms with Gasteiger partial charge in [0, 0.05) is 11.2 Å². The molecule has 10 heteroatoms. The maximum absolute atomic E-state index is 13.3. The van der Waals surface area contributed by atoms with Gasteiger partial charge in [-0.1, -0.05) is 17.7 Å². The summed E-state index contributed by atoms with van der Waals surface area (Å²) in [6.45, 7) is 4.13.